The zero-order chi connectivity index (χ0) is 19.4. The van der Waals surface area contributed by atoms with Crippen molar-refractivity contribution in [2.45, 2.75) is 26.4 Å². The van der Waals surface area contributed by atoms with Crippen molar-refractivity contribution in [1.82, 2.24) is 4.98 Å². The summed E-state index contributed by atoms with van der Waals surface area (Å²) in [4.78, 5) is 3.57. The first-order chi connectivity index (χ1) is 10.3. The molecule has 12 heavy (non-hydrogen) atoms. The van der Waals surface area contributed by atoms with Gasteiger partial charge in [-0.25, -0.2) is 4.98 Å². The average Bonchev–Trinajstić information content (AvgIpc) is 2.63. The fourth-order valence-electron chi connectivity index (χ4n) is 0.525. The van der Waals surface area contributed by atoms with Gasteiger partial charge in [0.15, 0.2) is 0 Å². The number of thiazole rings is 1. The summed E-state index contributed by atoms with van der Waals surface area (Å²) in [6.45, 7) is -12.9. The van der Waals surface area contributed by atoms with Gasteiger partial charge in [-0.1, -0.05) is 25.0 Å². The number of nitrogens with zero attached hydrogens (tertiary/aromatic N) is 1. The summed E-state index contributed by atoms with van der Waals surface area (Å²) in [6, 6.07) is 0. The molecule has 0 spiro atoms. The lowest BCUT2D eigenvalue weighted by atomic mass is 10.2. The number of halogens is 1. The van der Waals surface area contributed by atoms with Gasteiger partial charge >= 0.3 is 0 Å². The second kappa shape index (κ2) is 4.23. The predicted octanol–water partition coefficient (Wildman–Crippen LogP) is 3.43. The van der Waals surface area contributed by atoms with Crippen LogP contribution in [0.1, 0.15) is 48.6 Å². The van der Waals surface area contributed by atoms with Crippen LogP contribution in [0, 0.1) is 0 Å². The number of rotatable bonds is 3. The van der Waals surface area contributed by atoms with Crippen molar-refractivity contribution in [3.05, 3.63) is 9.48 Å². The Morgan fingerprint density at radius 3 is 3.42 bits per heavy atom. The van der Waals surface area contributed by atoms with E-state index in [1.807, 2.05) is 0 Å². The topological polar surface area (TPSA) is 22.1 Å². The van der Waals surface area contributed by atoms with Gasteiger partial charge in [0.25, 0.3) is 5.19 Å². The van der Waals surface area contributed by atoms with Crippen molar-refractivity contribution in [2.75, 3.05) is 6.56 Å². The first-order valence-electron chi connectivity index (χ1n) is 8.70. The van der Waals surface area contributed by atoms with Crippen LogP contribution in [0.2, 0.25) is 0 Å². The van der Waals surface area contributed by atoms with E-state index < -0.39 is 43.9 Å². The highest BCUT2D eigenvalue weighted by Gasteiger charge is 2.12. The molecule has 0 aliphatic heterocycles. The Bertz CT molecular complexity index is 588. The summed E-state index contributed by atoms with van der Waals surface area (Å²) in [5.74, 6) is -3.11. The highest BCUT2D eigenvalue weighted by atomic mass is 79.9. The molecule has 2 nitrogen and oxygen atoms in total. The third-order valence-corrected chi connectivity index (χ3v) is 2.52. The van der Waals surface area contributed by atoms with E-state index >= 15 is 0 Å². The van der Waals surface area contributed by atoms with Crippen LogP contribution in [0.3, 0.4) is 0 Å². The Balaban J connectivity index is 3.41. The third-order valence-electron chi connectivity index (χ3n) is 0.941. The number of aromatic nitrogens is 1. The van der Waals surface area contributed by atoms with Crippen LogP contribution in [-0.2, 0) is 0 Å². The fraction of sp³-hybridized carbons (Fsp3) is 0.625. The molecule has 0 N–H and O–H groups in total. The Hall–Kier alpha value is -0.0900. The maximum absolute atomic E-state index is 8.00. The van der Waals surface area contributed by atoms with Gasteiger partial charge in [0, 0.05) is 13.7 Å². The SMILES string of the molecule is [2H]C([2H])([2H])C([2H])([2H])Oc1nc(C([2H])(C([2H])([2H])[2H])C([2H])([2H])[2H])c(Br)s1. The molecule has 4 heteroatoms. The Labute approximate surface area is 102 Å². The van der Waals surface area contributed by atoms with Crippen LogP contribution in [-0.4, -0.2) is 11.5 Å². The Morgan fingerprint density at radius 2 is 2.75 bits per heavy atom. The van der Waals surface area contributed by atoms with Gasteiger partial charge < -0.3 is 4.74 Å². The van der Waals surface area contributed by atoms with Gasteiger partial charge in [0.05, 0.1) is 18.8 Å². The first-order valence-corrected chi connectivity index (χ1v) is 4.31. The van der Waals surface area contributed by atoms with E-state index in [1.165, 1.54) is 0 Å². The van der Waals surface area contributed by atoms with Crippen LogP contribution < -0.4 is 4.74 Å². The minimum absolute atomic E-state index is 0.180. The van der Waals surface area contributed by atoms with E-state index in [9.17, 15) is 0 Å². The highest BCUT2D eigenvalue weighted by molar-refractivity contribution is 9.11. The number of hydrogen-bond donors (Lipinski definition) is 0. The van der Waals surface area contributed by atoms with E-state index in [0.29, 0.717) is 11.3 Å². The van der Waals surface area contributed by atoms with Gasteiger partial charge in [-0.3, -0.25) is 0 Å². The fourth-order valence-corrected chi connectivity index (χ4v) is 1.84. The van der Waals surface area contributed by atoms with Crippen LogP contribution >= 0.6 is 27.3 Å². The number of ether oxygens (including phenoxy) is 1. The second-order valence-electron chi connectivity index (χ2n) is 1.68. The molecular formula is C8H12BrNOS. The van der Waals surface area contributed by atoms with E-state index in [1.54, 1.807) is 0 Å². The first kappa shape index (κ1) is 2.48. The van der Waals surface area contributed by atoms with E-state index in [4.69, 9.17) is 16.4 Å². The lowest BCUT2D eigenvalue weighted by Gasteiger charge is -1.98. The van der Waals surface area contributed by atoms with Crippen LogP contribution in [0.15, 0.2) is 3.79 Å². The summed E-state index contributed by atoms with van der Waals surface area (Å²) >= 11 is 3.38. The molecule has 1 rings (SSSR count). The zero-order valence-corrected chi connectivity index (χ0v) is 8.04. The molecule has 1 aromatic rings. The van der Waals surface area contributed by atoms with Gasteiger partial charge in [-0.2, -0.15) is 0 Å². The smallest absolute Gasteiger partial charge is 0.274 e. The molecule has 0 fully saturated rings. The van der Waals surface area contributed by atoms with Crippen LogP contribution in [0.25, 0.3) is 0 Å². The Morgan fingerprint density at radius 1 is 1.92 bits per heavy atom. The minimum Gasteiger partial charge on any atom is -0.470 e. The monoisotopic (exact) mass is 261 g/mol. The zero-order valence-electron chi connectivity index (χ0n) is 17.6. The normalized spacial score (nSPS) is 30.8. The van der Waals surface area contributed by atoms with Crippen molar-refractivity contribution in [3.8, 4) is 5.19 Å². The Kier molecular flexibility index (Phi) is 0.875. The summed E-state index contributed by atoms with van der Waals surface area (Å²) in [7, 11) is 0. The molecule has 0 atom stereocenters. The van der Waals surface area contributed by atoms with Gasteiger partial charge in [-0.15, -0.1) is 0 Å². The predicted molar refractivity (Wildman–Crippen MR) is 55.1 cm³/mol. The molecule has 0 aliphatic carbocycles. The van der Waals surface area contributed by atoms with Gasteiger partial charge in [0.2, 0.25) is 0 Å². The maximum Gasteiger partial charge on any atom is 0.274 e. The van der Waals surface area contributed by atoms with Crippen molar-refractivity contribution < 1.29 is 21.2 Å². The average molecular weight is 262 g/mol. The third kappa shape index (κ3) is 2.20. The molecule has 0 aliphatic rings. The molecule has 68 valence electrons. The highest BCUT2D eigenvalue weighted by Crippen LogP contribution is 2.34. The number of hydrogen-bond acceptors (Lipinski definition) is 3. The van der Waals surface area contributed by atoms with Gasteiger partial charge in [0.1, 0.15) is 0 Å². The summed E-state index contributed by atoms with van der Waals surface area (Å²) < 4.78 is 92.7. The molecule has 0 bridgehead atoms. The molecule has 0 aromatic carbocycles. The summed E-state index contributed by atoms with van der Waals surface area (Å²) in [5.41, 5.74) is -0.705. The maximum atomic E-state index is 8.00. The molecule has 0 saturated heterocycles. The molecule has 0 saturated carbocycles. The quantitative estimate of drug-likeness (QED) is 0.832. The van der Waals surface area contributed by atoms with E-state index in [2.05, 4.69) is 25.7 Å². The molecular weight excluding hydrogens is 238 g/mol. The molecule has 0 amide bonds. The lowest BCUT2D eigenvalue weighted by molar-refractivity contribution is 0.337. The van der Waals surface area contributed by atoms with Crippen molar-refractivity contribution >= 4 is 27.3 Å². The van der Waals surface area contributed by atoms with Gasteiger partial charge in [-0.05, 0) is 28.7 Å². The van der Waals surface area contributed by atoms with E-state index in [0.717, 1.165) is 0 Å². The van der Waals surface area contributed by atoms with E-state index in [-0.39, 0.29) is 3.79 Å². The van der Waals surface area contributed by atoms with Crippen molar-refractivity contribution in [3.63, 3.8) is 0 Å². The lowest BCUT2D eigenvalue weighted by Crippen LogP contribution is -1.92. The van der Waals surface area contributed by atoms with Crippen LogP contribution in [0.5, 0.6) is 5.19 Å². The van der Waals surface area contributed by atoms with Crippen molar-refractivity contribution in [2.24, 2.45) is 0 Å². The van der Waals surface area contributed by atoms with Crippen LogP contribution in [0.4, 0.5) is 0 Å². The van der Waals surface area contributed by atoms with Crippen molar-refractivity contribution in [1.29, 1.82) is 0 Å². The molecule has 1 aromatic heterocycles. The molecule has 1 heterocycles. The molecule has 0 radical (unpaired) electrons. The second-order valence-corrected chi connectivity index (χ2v) is 3.96. The minimum atomic E-state index is -3.28. The summed E-state index contributed by atoms with van der Waals surface area (Å²) in [5, 5.41) is -0.608. The largest absolute Gasteiger partial charge is 0.470 e. The standard InChI is InChI=1S/C8H12BrNOS/c1-4-11-8-10-6(5(2)3)7(9)12-8/h5H,4H2,1-3H3/i1D3,2D3,3D3,4D2,5D. The summed E-state index contributed by atoms with van der Waals surface area (Å²) in [6.07, 6.45) is 0. The molecule has 0 unspecified atom stereocenters.